The maximum atomic E-state index is 13.1. The van der Waals surface area contributed by atoms with Crippen molar-refractivity contribution in [2.24, 2.45) is 0 Å². The summed E-state index contributed by atoms with van der Waals surface area (Å²) in [6, 6.07) is 7.67. The van der Waals surface area contributed by atoms with Crippen molar-refractivity contribution < 1.29 is 14.2 Å². The van der Waals surface area contributed by atoms with Crippen molar-refractivity contribution in [1.82, 2.24) is 19.6 Å². The number of benzene rings is 1. The molecule has 2 N–H and O–H groups in total. The first-order chi connectivity index (χ1) is 11.7. The maximum absolute atomic E-state index is 13.1. The molecule has 0 fully saturated rings. The van der Waals surface area contributed by atoms with E-state index in [1.54, 1.807) is 16.6 Å². The number of nitrogens with one attached hydrogen (secondary N) is 1. The van der Waals surface area contributed by atoms with Gasteiger partial charge in [0.1, 0.15) is 36.4 Å². The van der Waals surface area contributed by atoms with Crippen molar-refractivity contribution in [3.05, 3.63) is 48.2 Å². The number of rotatable bonds is 7. The second-order valence-corrected chi connectivity index (χ2v) is 5.26. The zero-order valence-corrected chi connectivity index (χ0v) is 13.2. The molecule has 126 valence electrons. The van der Waals surface area contributed by atoms with Gasteiger partial charge in [0.2, 0.25) is 0 Å². The fraction of sp³-hybridized carbons (Fsp3) is 0.312. The fourth-order valence-electron chi connectivity index (χ4n) is 2.20. The molecule has 0 saturated carbocycles. The van der Waals surface area contributed by atoms with Crippen LogP contribution in [0.25, 0.3) is 5.78 Å². The topological polar surface area (TPSA) is 84.6 Å². The van der Waals surface area contributed by atoms with Gasteiger partial charge in [-0.2, -0.15) is 14.6 Å². The Kier molecular flexibility index (Phi) is 4.85. The minimum absolute atomic E-state index is 0.0443. The number of fused-ring (bicyclic) bond motifs is 1. The summed E-state index contributed by atoms with van der Waals surface area (Å²) in [5, 5.41) is 17.3. The molecular weight excluding hydrogens is 313 g/mol. The molecule has 1 unspecified atom stereocenters. The number of aliphatic hydroxyl groups excluding tert-OH is 1. The molecule has 3 aromatic rings. The fourth-order valence-corrected chi connectivity index (χ4v) is 2.20. The average molecular weight is 331 g/mol. The summed E-state index contributed by atoms with van der Waals surface area (Å²) < 4.78 is 20.0. The SMILES string of the molecule is CCc1cc(NCC(O)COc2cccc(F)c2)n2ncnc2n1. The summed E-state index contributed by atoms with van der Waals surface area (Å²) in [5.74, 6) is 1.20. The van der Waals surface area contributed by atoms with Gasteiger partial charge in [-0.1, -0.05) is 13.0 Å². The lowest BCUT2D eigenvalue weighted by atomic mass is 10.3. The van der Waals surface area contributed by atoms with Gasteiger partial charge in [0, 0.05) is 24.4 Å². The molecule has 1 atom stereocenters. The molecule has 24 heavy (non-hydrogen) atoms. The first-order valence-corrected chi connectivity index (χ1v) is 7.65. The molecule has 1 aromatic carbocycles. The molecule has 0 bridgehead atoms. The molecule has 0 aliphatic carbocycles. The minimum Gasteiger partial charge on any atom is -0.491 e. The van der Waals surface area contributed by atoms with Gasteiger partial charge in [0.15, 0.2) is 0 Å². The Morgan fingerprint density at radius 2 is 2.25 bits per heavy atom. The number of aromatic nitrogens is 4. The lowest BCUT2D eigenvalue weighted by Gasteiger charge is -2.15. The van der Waals surface area contributed by atoms with Crippen LogP contribution in [0.2, 0.25) is 0 Å². The Balaban J connectivity index is 1.60. The Labute approximate surface area is 138 Å². The molecule has 0 radical (unpaired) electrons. The number of nitrogens with zero attached hydrogens (tertiary/aromatic N) is 4. The molecule has 7 nitrogen and oxygen atoms in total. The number of halogens is 1. The average Bonchev–Trinajstić information content (AvgIpc) is 3.06. The summed E-state index contributed by atoms with van der Waals surface area (Å²) in [6.45, 7) is 2.29. The lowest BCUT2D eigenvalue weighted by Crippen LogP contribution is -2.27. The molecule has 0 aliphatic rings. The second-order valence-electron chi connectivity index (χ2n) is 5.26. The second kappa shape index (κ2) is 7.22. The quantitative estimate of drug-likeness (QED) is 0.685. The van der Waals surface area contributed by atoms with Crippen molar-refractivity contribution in [3.63, 3.8) is 0 Å². The van der Waals surface area contributed by atoms with E-state index in [-0.39, 0.29) is 19.0 Å². The maximum Gasteiger partial charge on any atom is 0.254 e. The Bertz CT molecular complexity index is 823. The molecule has 0 saturated heterocycles. The van der Waals surface area contributed by atoms with E-state index in [9.17, 15) is 9.50 Å². The van der Waals surface area contributed by atoms with Crippen LogP contribution in [0.4, 0.5) is 10.2 Å². The zero-order valence-electron chi connectivity index (χ0n) is 13.2. The highest BCUT2D eigenvalue weighted by Gasteiger charge is 2.10. The van der Waals surface area contributed by atoms with Crippen LogP contribution in [0.1, 0.15) is 12.6 Å². The van der Waals surface area contributed by atoms with Crippen LogP contribution in [0.3, 0.4) is 0 Å². The summed E-state index contributed by atoms with van der Waals surface area (Å²) in [7, 11) is 0. The lowest BCUT2D eigenvalue weighted by molar-refractivity contribution is 0.117. The van der Waals surface area contributed by atoms with E-state index in [0.717, 1.165) is 12.1 Å². The van der Waals surface area contributed by atoms with Crippen molar-refractivity contribution in [1.29, 1.82) is 0 Å². The van der Waals surface area contributed by atoms with Crippen LogP contribution in [0.15, 0.2) is 36.7 Å². The van der Waals surface area contributed by atoms with Crippen LogP contribution in [-0.2, 0) is 6.42 Å². The summed E-state index contributed by atoms with van der Waals surface area (Å²) in [5.41, 5.74) is 0.878. The summed E-state index contributed by atoms with van der Waals surface area (Å²) in [4.78, 5) is 8.43. The van der Waals surface area contributed by atoms with E-state index in [1.165, 1.54) is 18.5 Å². The van der Waals surface area contributed by atoms with Crippen molar-refractivity contribution in [2.45, 2.75) is 19.4 Å². The predicted octanol–water partition coefficient (Wildman–Crippen LogP) is 1.68. The van der Waals surface area contributed by atoms with Crippen molar-refractivity contribution >= 4 is 11.6 Å². The van der Waals surface area contributed by atoms with Gasteiger partial charge in [-0.25, -0.2) is 9.37 Å². The smallest absolute Gasteiger partial charge is 0.254 e. The molecular formula is C16H18FN5O2. The van der Waals surface area contributed by atoms with E-state index in [0.29, 0.717) is 17.3 Å². The predicted molar refractivity (Wildman–Crippen MR) is 86.6 cm³/mol. The zero-order chi connectivity index (χ0) is 16.9. The number of aryl methyl sites for hydroxylation is 1. The normalized spacial score (nSPS) is 12.3. The van der Waals surface area contributed by atoms with E-state index < -0.39 is 6.10 Å². The number of hydrogen-bond donors (Lipinski definition) is 2. The Morgan fingerprint density at radius 1 is 1.38 bits per heavy atom. The highest BCUT2D eigenvalue weighted by Crippen LogP contribution is 2.13. The third kappa shape index (κ3) is 3.77. The van der Waals surface area contributed by atoms with Crippen LogP contribution < -0.4 is 10.1 Å². The number of aliphatic hydroxyl groups is 1. The molecule has 2 heterocycles. The van der Waals surface area contributed by atoms with Gasteiger partial charge < -0.3 is 15.2 Å². The number of anilines is 1. The molecule has 0 spiro atoms. The molecule has 2 aromatic heterocycles. The van der Waals surface area contributed by atoms with Crippen molar-refractivity contribution in [3.8, 4) is 5.75 Å². The molecule has 3 rings (SSSR count). The number of ether oxygens (including phenoxy) is 1. The van der Waals surface area contributed by atoms with Gasteiger partial charge >= 0.3 is 0 Å². The van der Waals surface area contributed by atoms with E-state index >= 15 is 0 Å². The molecule has 0 amide bonds. The first-order valence-electron chi connectivity index (χ1n) is 7.65. The van der Waals surface area contributed by atoms with E-state index in [2.05, 4.69) is 20.4 Å². The minimum atomic E-state index is -0.773. The first kappa shape index (κ1) is 16.1. The monoisotopic (exact) mass is 331 g/mol. The largest absolute Gasteiger partial charge is 0.491 e. The van der Waals surface area contributed by atoms with Gasteiger partial charge in [0.25, 0.3) is 5.78 Å². The highest BCUT2D eigenvalue weighted by molar-refractivity contribution is 5.45. The van der Waals surface area contributed by atoms with Crippen LogP contribution in [0, 0.1) is 5.82 Å². The molecule has 0 aliphatic heterocycles. The van der Waals surface area contributed by atoms with Crippen LogP contribution in [-0.4, -0.2) is 43.9 Å². The van der Waals surface area contributed by atoms with Crippen LogP contribution in [0.5, 0.6) is 5.75 Å². The standard InChI is InChI=1S/C16H18FN5O2/c1-2-12-7-15(22-16(21-12)19-10-20-22)18-8-13(23)9-24-14-5-3-4-11(17)6-14/h3-7,10,13,18,23H,2,8-9H2,1H3. The van der Waals surface area contributed by atoms with E-state index in [4.69, 9.17) is 4.74 Å². The third-order valence-corrected chi connectivity index (χ3v) is 3.42. The van der Waals surface area contributed by atoms with Gasteiger partial charge in [-0.15, -0.1) is 0 Å². The Hall–Kier alpha value is -2.74. The van der Waals surface area contributed by atoms with Gasteiger partial charge in [-0.05, 0) is 18.6 Å². The summed E-state index contributed by atoms with van der Waals surface area (Å²) >= 11 is 0. The highest BCUT2D eigenvalue weighted by atomic mass is 19.1. The Morgan fingerprint density at radius 3 is 3.04 bits per heavy atom. The van der Waals surface area contributed by atoms with E-state index in [1.807, 2.05) is 13.0 Å². The summed E-state index contributed by atoms with van der Waals surface area (Å²) in [6.07, 6.45) is 1.42. The van der Waals surface area contributed by atoms with Crippen molar-refractivity contribution in [2.75, 3.05) is 18.5 Å². The molecule has 8 heteroatoms. The van der Waals surface area contributed by atoms with Crippen LogP contribution >= 0.6 is 0 Å². The number of hydrogen-bond acceptors (Lipinski definition) is 6. The van der Waals surface area contributed by atoms with Gasteiger partial charge in [0.05, 0.1) is 0 Å². The third-order valence-electron chi connectivity index (χ3n) is 3.42. The van der Waals surface area contributed by atoms with Gasteiger partial charge in [-0.3, -0.25) is 0 Å².